The third-order valence-electron chi connectivity index (χ3n) is 14.2. The van der Waals surface area contributed by atoms with Crippen LogP contribution in [0, 0.1) is 20.8 Å². The van der Waals surface area contributed by atoms with Crippen LogP contribution in [-0.2, 0) is 67.2 Å². The average molecular weight is 1420 g/mol. The maximum Gasteiger partial charge on any atom is 3.00 e. The van der Waals surface area contributed by atoms with Gasteiger partial charge in [0.1, 0.15) is 30.1 Å². The van der Waals surface area contributed by atoms with Gasteiger partial charge in [-0.1, -0.05) is 288 Å². The van der Waals surface area contributed by atoms with Crippen LogP contribution in [0.15, 0.2) is 288 Å². The number of hydrogen-bond donors (Lipinski definition) is 3. The molecule has 10 rings (SSSR count). The monoisotopic (exact) mass is 1420 g/mol. The van der Waals surface area contributed by atoms with Crippen molar-refractivity contribution >= 4 is 64.9 Å². The molecule has 6 N–H and O–H groups in total. The molecule has 0 bridgehead atoms. The summed E-state index contributed by atoms with van der Waals surface area (Å²) in [6.45, 7) is 6.38. The van der Waals surface area contributed by atoms with Gasteiger partial charge in [-0.25, -0.2) is 25.3 Å². The fourth-order valence-electron chi connectivity index (χ4n) is 9.61. The van der Waals surface area contributed by atoms with Crippen molar-refractivity contribution < 1.29 is 44.7 Å². The van der Waals surface area contributed by atoms with Crippen molar-refractivity contribution in [2.24, 2.45) is 17.2 Å². The minimum absolute atomic E-state index is 0. The number of benzene rings is 10. The zero-order chi connectivity index (χ0) is 64.7. The van der Waals surface area contributed by atoms with Gasteiger partial charge in [0.15, 0.2) is 0 Å². The zero-order valence-electron chi connectivity index (χ0n) is 50.3. The maximum atomic E-state index is 12.9. The normalized spacial score (nSPS) is 13.3. The number of nitrogens with zero attached hydrogens (tertiary/aromatic N) is 3. The molecular weight excluding hydrogens is 1350 g/mol. The molecule has 0 saturated heterocycles. The Bertz CT molecular complexity index is 3690. The number of rotatable bonds is 21. The smallest absolute Gasteiger partial charge is 0.537 e. The molecule has 0 heterocycles. The molecule has 0 aliphatic heterocycles. The summed E-state index contributed by atoms with van der Waals surface area (Å²) in [5.41, 5.74) is 30.6. The standard InChI is InChI=1S/3C21H20ClN2O2S.C9H12.Ru/c3*22-15-16-11-13-19(14-12-16)27(25,26)24-21(18-9-5-2-6-10-18)20(23)17-7-3-1-4-8-17;1-7-4-8(2)6-9(3)5-7;/h3*1-14,20-21H,15,23H2;4-6H,1-3H3;/q3*-1;;+3/t3*20-,21-;;/m000../s1. The number of hydrogen-bond acceptors (Lipinski definition) is 9. The van der Waals surface area contributed by atoms with Crippen LogP contribution in [0.5, 0.6) is 0 Å². The zero-order valence-corrected chi connectivity index (χ0v) is 56.8. The minimum atomic E-state index is -3.88. The quantitative estimate of drug-likeness (QED) is 0.0459. The summed E-state index contributed by atoms with van der Waals surface area (Å²) in [5.74, 6) is 0.967. The molecule has 1 radical (unpaired) electrons. The summed E-state index contributed by atoms with van der Waals surface area (Å²) in [7, 11) is -11.7. The van der Waals surface area contributed by atoms with E-state index in [1.54, 1.807) is 36.4 Å². The Morgan fingerprint density at radius 2 is 0.473 bits per heavy atom. The summed E-state index contributed by atoms with van der Waals surface area (Å²) in [4.78, 5) is 0.368. The van der Waals surface area contributed by atoms with E-state index < -0.39 is 66.3 Å². The van der Waals surface area contributed by atoms with Crippen LogP contribution in [0.4, 0.5) is 0 Å². The van der Waals surface area contributed by atoms with Crippen LogP contribution in [0.2, 0.25) is 0 Å². The summed E-state index contributed by atoms with van der Waals surface area (Å²) >= 11 is 17.3. The van der Waals surface area contributed by atoms with E-state index in [4.69, 9.17) is 52.0 Å². The summed E-state index contributed by atoms with van der Waals surface area (Å²) in [6, 6.07) is 77.7. The number of alkyl halides is 3. The molecule has 0 aromatic heterocycles. The predicted molar refractivity (Wildman–Crippen MR) is 368 cm³/mol. The van der Waals surface area contributed by atoms with Gasteiger partial charge >= 0.3 is 19.5 Å². The summed E-state index contributed by atoms with van der Waals surface area (Å²) < 4.78 is 90.0. The largest absolute Gasteiger partial charge is 3.00 e. The van der Waals surface area contributed by atoms with E-state index >= 15 is 0 Å². The Morgan fingerprint density at radius 3 is 0.648 bits per heavy atom. The number of sulfonamides is 3. The predicted octanol–water partition coefficient (Wildman–Crippen LogP) is 17.4. The summed E-state index contributed by atoms with van der Waals surface area (Å²) in [6.07, 6.45) is 0. The maximum absolute atomic E-state index is 12.9. The van der Waals surface area contributed by atoms with Crippen LogP contribution < -0.4 is 17.2 Å². The van der Waals surface area contributed by atoms with Crippen LogP contribution >= 0.6 is 34.8 Å². The topological polar surface area (TPSA) is 223 Å². The van der Waals surface area contributed by atoms with Crippen LogP contribution in [0.3, 0.4) is 0 Å². The van der Waals surface area contributed by atoms with Crippen LogP contribution in [0.1, 0.15) is 103 Å². The molecule has 12 nitrogen and oxygen atoms in total. The van der Waals surface area contributed by atoms with Crippen molar-refractivity contribution in [1.82, 2.24) is 0 Å². The Kier molecular flexibility index (Phi) is 29.0. The number of nitrogens with two attached hydrogens (primary N) is 3. The molecular formula is C72H72Cl3N6O6RuS3. The fraction of sp³-hybridized carbons (Fsp3) is 0.167. The molecule has 10 aromatic rings. The third-order valence-corrected chi connectivity index (χ3v) is 19.3. The third kappa shape index (κ3) is 22.0. The molecule has 19 heteroatoms. The molecule has 473 valence electrons. The molecule has 10 aromatic carbocycles. The van der Waals surface area contributed by atoms with E-state index in [1.165, 1.54) is 53.1 Å². The molecule has 0 unspecified atom stereocenters. The Balaban J connectivity index is 0.000000201. The fourth-order valence-corrected chi connectivity index (χ4v) is 13.6. The first-order chi connectivity index (χ1) is 43.2. The second-order valence-corrected chi connectivity index (χ2v) is 26.8. The minimum Gasteiger partial charge on any atom is -0.537 e. The van der Waals surface area contributed by atoms with Crippen molar-refractivity contribution in [3.63, 3.8) is 0 Å². The van der Waals surface area contributed by atoms with Gasteiger partial charge in [0.25, 0.3) is 0 Å². The Hall–Kier alpha value is -6.70. The molecule has 0 saturated carbocycles. The second-order valence-electron chi connectivity index (χ2n) is 21.1. The van der Waals surface area contributed by atoms with Crippen molar-refractivity contribution in [1.29, 1.82) is 0 Å². The summed E-state index contributed by atoms with van der Waals surface area (Å²) in [5, 5.41) is 0. The molecule has 91 heavy (non-hydrogen) atoms. The SMILES string of the molecule is Cc1cc(C)cc(C)c1.N[C@@H](c1ccccc1)[C@@H]([N-]S(=O)(=O)c1ccc(CCl)cc1)c1ccccc1.N[C@@H](c1ccccc1)[C@@H]([N-]S(=O)(=O)c1ccc(CCl)cc1)c1ccccc1.N[C@@H](c1ccccc1)[C@@H]([N-]S(=O)(=O)c1ccc(CCl)cc1)c1ccccc1.[Ru+3]. The van der Waals surface area contributed by atoms with Gasteiger partial charge in [-0.05, 0) is 90.6 Å². The van der Waals surface area contributed by atoms with Crippen molar-refractivity contribution in [3.05, 3.63) is 354 Å². The number of halogens is 3. The van der Waals surface area contributed by atoms with Gasteiger partial charge in [0, 0.05) is 50.5 Å². The molecule has 0 aliphatic carbocycles. The van der Waals surface area contributed by atoms with Crippen molar-refractivity contribution in [3.8, 4) is 0 Å². The Morgan fingerprint density at radius 1 is 0.297 bits per heavy atom. The van der Waals surface area contributed by atoms with Gasteiger partial charge in [-0.3, -0.25) is 0 Å². The first kappa shape index (κ1) is 73.4. The Labute approximate surface area is 565 Å². The van der Waals surface area contributed by atoms with Gasteiger partial charge in [-0.2, -0.15) is 0 Å². The van der Waals surface area contributed by atoms with E-state index in [9.17, 15) is 25.3 Å². The van der Waals surface area contributed by atoms with Crippen LogP contribution in [-0.4, -0.2) is 25.3 Å². The van der Waals surface area contributed by atoms with Gasteiger partial charge in [0.2, 0.25) is 0 Å². The second kappa shape index (κ2) is 35.9. The number of aryl methyl sites for hydroxylation is 3. The van der Waals surface area contributed by atoms with E-state index in [1.807, 2.05) is 182 Å². The van der Waals surface area contributed by atoms with Crippen molar-refractivity contribution in [2.45, 2.75) is 89.3 Å². The molecule has 0 fully saturated rings. The molecule has 6 atom stereocenters. The van der Waals surface area contributed by atoms with Crippen molar-refractivity contribution in [2.75, 3.05) is 0 Å². The van der Waals surface area contributed by atoms with E-state index in [2.05, 4.69) is 53.1 Å². The first-order valence-electron chi connectivity index (χ1n) is 28.7. The van der Waals surface area contributed by atoms with E-state index in [0.29, 0.717) is 17.6 Å². The molecule has 0 aliphatic rings. The van der Waals surface area contributed by atoms with Gasteiger partial charge in [-0.15, -0.1) is 34.8 Å². The molecule has 0 amide bonds. The average Bonchev–Trinajstić information content (AvgIpc) is 1.59. The van der Waals surface area contributed by atoms with E-state index in [-0.39, 0.29) is 34.2 Å². The molecule has 0 spiro atoms. The van der Waals surface area contributed by atoms with Gasteiger partial charge < -0.3 is 31.4 Å². The first-order valence-corrected chi connectivity index (χ1v) is 34.6. The van der Waals surface area contributed by atoms with E-state index in [0.717, 1.165) is 50.1 Å². The van der Waals surface area contributed by atoms with Gasteiger partial charge in [0.05, 0.1) is 0 Å². The van der Waals surface area contributed by atoms with Crippen LogP contribution in [0.25, 0.3) is 14.2 Å².